The third kappa shape index (κ3) is 4.14. The van der Waals surface area contributed by atoms with Crippen molar-refractivity contribution in [3.8, 4) is 11.1 Å². The van der Waals surface area contributed by atoms with Gasteiger partial charge >= 0.3 is 0 Å². The lowest BCUT2D eigenvalue weighted by Gasteiger charge is -2.39. The van der Waals surface area contributed by atoms with Gasteiger partial charge in [0.25, 0.3) is 0 Å². The van der Waals surface area contributed by atoms with Crippen molar-refractivity contribution in [2.45, 2.75) is 97.3 Å². The normalized spacial score (nSPS) is 29.7. The van der Waals surface area contributed by atoms with Gasteiger partial charge in [0.1, 0.15) is 0 Å². The fourth-order valence-electron chi connectivity index (χ4n) is 12.6. The van der Waals surface area contributed by atoms with Gasteiger partial charge in [0.05, 0.1) is 0 Å². The predicted octanol–water partition coefficient (Wildman–Crippen LogP) is 13.5. The van der Waals surface area contributed by atoms with E-state index in [1.165, 1.54) is 50.9 Å². The number of benzene rings is 3. The van der Waals surface area contributed by atoms with Crippen molar-refractivity contribution in [2.24, 2.45) is 23.2 Å². The van der Waals surface area contributed by atoms with Crippen molar-refractivity contribution in [1.29, 1.82) is 0 Å². The highest BCUT2D eigenvalue weighted by Crippen LogP contribution is 2.63. The molecule has 53 heavy (non-hydrogen) atoms. The van der Waals surface area contributed by atoms with E-state index in [0.717, 1.165) is 12.8 Å². The fourth-order valence-corrected chi connectivity index (χ4v) is 12.6. The minimum absolute atomic E-state index is 0.0464. The van der Waals surface area contributed by atoms with Crippen LogP contribution in [-0.4, -0.2) is 0 Å². The topological polar surface area (TPSA) is 0 Å². The maximum atomic E-state index is 2.67. The highest BCUT2D eigenvalue weighted by atomic mass is 14.5. The molecule has 0 nitrogen and oxygen atoms in total. The lowest BCUT2D eigenvalue weighted by atomic mass is 9.64. The first-order chi connectivity index (χ1) is 25.3. The Balaban J connectivity index is 0.956. The fraction of sp³-hybridized carbons (Fsp3) is 0.358. The largest absolute Gasteiger partial charge is 0.0764 e. The molecule has 5 atom stereocenters. The molecule has 264 valence electrons. The molecule has 0 aromatic heterocycles. The van der Waals surface area contributed by atoms with E-state index in [1.807, 2.05) is 0 Å². The molecule has 0 bridgehead atoms. The van der Waals surface area contributed by atoms with Crippen molar-refractivity contribution in [3.05, 3.63) is 181 Å². The zero-order valence-corrected chi connectivity index (χ0v) is 32.8. The molecule has 8 aliphatic rings. The smallest absolute Gasteiger partial charge is 0.0158 e. The number of hydrogen-bond donors (Lipinski definition) is 0. The molecule has 3 aromatic rings. The lowest BCUT2D eigenvalue weighted by Crippen LogP contribution is -2.28. The molecule has 0 heterocycles. The van der Waals surface area contributed by atoms with Crippen LogP contribution in [0.3, 0.4) is 0 Å². The lowest BCUT2D eigenvalue weighted by molar-refractivity contribution is 0.335. The third-order valence-electron chi connectivity index (χ3n) is 15.5. The van der Waals surface area contributed by atoms with E-state index >= 15 is 0 Å². The number of fused-ring (bicyclic) bond motifs is 8. The summed E-state index contributed by atoms with van der Waals surface area (Å²) in [5.41, 5.74) is 26.2. The molecule has 0 saturated heterocycles. The van der Waals surface area contributed by atoms with Crippen molar-refractivity contribution < 1.29 is 0 Å². The molecule has 11 rings (SSSR count). The highest BCUT2D eigenvalue weighted by Gasteiger charge is 2.51. The minimum atomic E-state index is 0.0464. The summed E-state index contributed by atoms with van der Waals surface area (Å²) in [4.78, 5) is 0. The average Bonchev–Trinajstić information content (AvgIpc) is 3.62. The van der Waals surface area contributed by atoms with E-state index in [4.69, 9.17) is 0 Å². The number of allylic oxidation sites excluding steroid dienone is 16. The number of aryl methyl sites for hydroxylation is 1. The summed E-state index contributed by atoms with van der Waals surface area (Å²) in [7, 11) is 0. The Morgan fingerprint density at radius 1 is 0.679 bits per heavy atom. The zero-order valence-electron chi connectivity index (χ0n) is 32.8. The number of rotatable bonds is 2. The summed E-state index contributed by atoms with van der Waals surface area (Å²) in [6.07, 6.45) is 23.9. The van der Waals surface area contributed by atoms with E-state index in [0.29, 0.717) is 29.6 Å². The first kappa shape index (κ1) is 32.0. The van der Waals surface area contributed by atoms with Gasteiger partial charge in [0.2, 0.25) is 0 Å². The molecule has 0 saturated carbocycles. The Labute approximate surface area is 317 Å². The SMILES string of the molecule is CC1=CC2=C3c4c(cc(C)cc4C(C)(C)C3C1)C1C=CC(C3=CCC4C(=C3)C3=C(C=CC(c5ccc6c(c5)-c5ccccc5C6(C)C)C3)C4(C)C)=CC21. The Bertz CT molecular complexity index is 2480. The van der Waals surface area contributed by atoms with Gasteiger partial charge in [-0.3, -0.25) is 0 Å². The van der Waals surface area contributed by atoms with Gasteiger partial charge in [-0.15, -0.1) is 0 Å². The van der Waals surface area contributed by atoms with Gasteiger partial charge in [-0.1, -0.05) is 156 Å². The van der Waals surface area contributed by atoms with Crippen molar-refractivity contribution in [1.82, 2.24) is 0 Å². The second kappa shape index (κ2) is 10.4. The maximum absolute atomic E-state index is 2.67. The summed E-state index contributed by atoms with van der Waals surface area (Å²) in [5.74, 6) is 2.29. The first-order valence-corrected chi connectivity index (χ1v) is 20.4. The van der Waals surface area contributed by atoms with Crippen LogP contribution in [0, 0.1) is 30.1 Å². The molecule has 5 unspecified atom stereocenters. The Morgan fingerprint density at radius 3 is 2.34 bits per heavy atom. The predicted molar refractivity (Wildman–Crippen MR) is 222 cm³/mol. The van der Waals surface area contributed by atoms with Crippen LogP contribution in [-0.2, 0) is 10.8 Å². The molecule has 0 heteroatoms. The van der Waals surface area contributed by atoms with E-state index in [-0.39, 0.29) is 16.2 Å². The molecule has 0 spiro atoms. The molecule has 8 aliphatic carbocycles. The van der Waals surface area contributed by atoms with Crippen LogP contribution in [0.4, 0.5) is 0 Å². The second-order valence-electron chi connectivity index (χ2n) is 19.5. The van der Waals surface area contributed by atoms with Gasteiger partial charge in [-0.05, 0) is 139 Å². The quantitative estimate of drug-likeness (QED) is 0.251. The van der Waals surface area contributed by atoms with Gasteiger partial charge in [-0.2, -0.15) is 0 Å². The van der Waals surface area contributed by atoms with Crippen LogP contribution < -0.4 is 0 Å². The molecule has 0 N–H and O–H groups in total. The number of hydrogen-bond acceptors (Lipinski definition) is 0. The van der Waals surface area contributed by atoms with Gasteiger partial charge in [0, 0.05) is 23.2 Å². The summed E-state index contributed by atoms with van der Waals surface area (Å²) in [5, 5.41) is 0. The zero-order chi connectivity index (χ0) is 36.3. The monoisotopic (exact) mass is 688 g/mol. The Hall–Kier alpha value is -4.42. The van der Waals surface area contributed by atoms with E-state index in [1.54, 1.807) is 50.1 Å². The standard InChI is InChI=1S/C53H52/c1-29-21-41-35-17-13-31(25-37(35)42-22-30(2)24-48-50(42)49(41)47(23-29)53(48,7)8)33-15-19-45-39(27-33)40-28-34(16-20-46(40)52(45,5)6)32-14-18-44-38(26-32)36-11-9-10-12-43(36)51(44,3)4/h9-18,20-23,25-27,34-35,37,45,48H,19,24,28H2,1-8H3. The van der Waals surface area contributed by atoms with Crippen molar-refractivity contribution >= 4 is 5.57 Å². The molecule has 0 aliphatic heterocycles. The van der Waals surface area contributed by atoms with Crippen LogP contribution in [0.5, 0.6) is 0 Å². The third-order valence-corrected chi connectivity index (χ3v) is 15.5. The molecular weight excluding hydrogens is 637 g/mol. The Kier molecular flexibility index (Phi) is 6.30. The average molecular weight is 689 g/mol. The molecule has 3 aromatic carbocycles. The maximum Gasteiger partial charge on any atom is 0.0158 e. The van der Waals surface area contributed by atoms with E-state index in [9.17, 15) is 0 Å². The minimum Gasteiger partial charge on any atom is -0.0764 e. The molecular formula is C53H52. The van der Waals surface area contributed by atoms with Crippen LogP contribution in [0.25, 0.3) is 16.7 Å². The molecule has 0 fully saturated rings. The highest BCUT2D eigenvalue weighted by molar-refractivity contribution is 5.88. The van der Waals surface area contributed by atoms with Gasteiger partial charge < -0.3 is 0 Å². The van der Waals surface area contributed by atoms with Gasteiger partial charge in [-0.25, -0.2) is 0 Å². The second-order valence-corrected chi connectivity index (χ2v) is 19.5. The van der Waals surface area contributed by atoms with Crippen LogP contribution in [0.2, 0.25) is 0 Å². The van der Waals surface area contributed by atoms with Crippen molar-refractivity contribution in [3.63, 3.8) is 0 Å². The molecule has 0 radical (unpaired) electrons. The first-order valence-electron chi connectivity index (χ1n) is 20.4. The van der Waals surface area contributed by atoms with Crippen LogP contribution in [0.1, 0.15) is 119 Å². The van der Waals surface area contributed by atoms with E-state index in [2.05, 4.69) is 159 Å². The summed E-state index contributed by atoms with van der Waals surface area (Å²) in [6.45, 7) is 19.5. The molecule has 0 amide bonds. The summed E-state index contributed by atoms with van der Waals surface area (Å²) < 4.78 is 0. The Morgan fingerprint density at radius 2 is 1.49 bits per heavy atom. The van der Waals surface area contributed by atoms with Crippen molar-refractivity contribution in [2.75, 3.05) is 0 Å². The van der Waals surface area contributed by atoms with Crippen LogP contribution in [0.15, 0.2) is 142 Å². The van der Waals surface area contributed by atoms with E-state index < -0.39 is 0 Å². The summed E-state index contributed by atoms with van der Waals surface area (Å²) in [6, 6.07) is 21.4. The van der Waals surface area contributed by atoms with Gasteiger partial charge in [0.15, 0.2) is 0 Å². The van der Waals surface area contributed by atoms with Crippen LogP contribution >= 0.6 is 0 Å². The summed E-state index contributed by atoms with van der Waals surface area (Å²) >= 11 is 0.